The van der Waals surface area contributed by atoms with Gasteiger partial charge in [-0.1, -0.05) is 6.07 Å². The van der Waals surface area contributed by atoms with Gasteiger partial charge in [0.05, 0.1) is 5.52 Å². The number of aromatic nitrogens is 2. The Kier molecular flexibility index (Phi) is 5.49. The normalized spacial score (nSPS) is 18.2. The fraction of sp³-hybridized carbons (Fsp3) is 0.565. The molecule has 1 aromatic carbocycles. The Hall–Kier alpha value is -2.90. The Morgan fingerprint density at radius 3 is 2.52 bits per heavy atom. The van der Waals surface area contributed by atoms with E-state index in [4.69, 9.17) is 9.84 Å². The van der Waals surface area contributed by atoms with Crippen molar-refractivity contribution in [3.63, 3.8) is 0 Å². The van der Waals surface area contributed by atoms with Crippen molar-refractivity contribution in [3.8, 4) is 0 Å². The van der Waals surface area contributed by atoms with E-state index in [0.29, 0.717) is 19.5 Å². The number of hydrogen-bond acceptors (Lipinski definition) is 6. The highest BCUT2D eigenvalue weighted by molar-refractivity contribution is 5.90. The topological polar surface area (TPSA) is 95.9 Å². The predicted octanol–water partition coefficient (Wildman–Crippen LogP) is 3.48. The number of carboxylic acids is 1. The van der Waals surface area contributed by atoms with Crippen LogP contribution in [0.5, 0.6) is 0 Å². The summed E-state index contributed by atoms with van der Waals surface area (Å²) in [6.07, 6.45) is 3.87. The highest BCUT2D eigenvalue weighted by Gasteiger charge is 2.46. The van der Waals surface area contributed by atoms with Crippen LogP contribution in [0.2, 0.25) is 0 Å². The van der Waals surface area contributed by atoms with E-state index in [1.807, 2.05) is 43.9 Å². The first-order valence-electron chi connectivity index (χ1n) is 10.8. The van der Waals surface area contributed by atoms with Gasteiger partial charge < -0.3 is 19.6 Å². The molecule has 1 N–H and O–H groups in total. The second kappa shape index (κ2) is 7.98. The highest BCUT2D eigenvalue weighted by Crippen LogP contribution is 2.43. The monoisotopic (exact) mass is 426 g/mol. The zero-order valence-electron chi connectivity index (χ0n) is 18.4. The Balaban J connectivity index is 1.41. The molecule has 1 spiro atoms. The molecule has 1 aromatic heterocycles. The number of fused-ring (bicyclic) bond motifs is 1. The lowest BCUT2D eigenvalue weighted by molar-refractivity contribution is -0.136. The number of ether oxygens (including phenoxy) is 1. The van der Waals surface area contributed by atoms with Crippen LogP contribution in [0, 0.1) is 5.41 Å². The van der Waals surface area contributed by atoms with Crippen LogP contribution in [0.25, 0.3) is 10.9 Å². The van der Waals surface area contributed by atoms with Crippen molar-refractivity contribution in [2.45, 2.75) is 52.1 Å². The van der Waals surface area contributed by atoms with Gasteiger partial charge >= 0.3 is 12.1 Å². The summed E-state index contributed by atoms with van der Waals surface area (Å²) in [5, 5.41) is 9.93. The number of carboxylic acid groups (broad SMARTS) is 1. The fourth-order valence-electron chi connectivity index (χ4n) is 4.47. The minimum absolute atomic E-state index is 0.107. The molecule has 2 saturated heterocycles. The van der Waals surface area contributed by atoms with Crippen LogP contribution in [0.15, 0.2) is 24.5 Å². The molecule has 2 fully saturated rings. The molecule has 8 nitrogen and oxygen atoms in total. The number of benzene rings is 1. The van der Waals surface area contributed by atoms with Crippen LogP contribution in [-0.2, 0) is 16.0 Å². The third-order valence-corrected chi connectivity index (χ3v) is 6.13. The summed E-state index contributed by atoms with van der Waals surface area (Å²) in [6.45, 7) is 8.90. The van der Waals surface area contributed by atoms with Gasteiger partial charge in [-0.25, -0.2) is 14.8 Å². The molecule has 3 heterocycles. The minimum atomic E-state index is -0.799. The lowest BCUT2D eigenvalue weighted by Gasteiger charge is -2.54. The standard InChI is InChI=1S/C23H30N4O4/c1-22(2,3)31-21(30)26-10-8-23(9-11-26)13-27(14-23)20-17-12-16(5-7-19(28)29)4-6-18(17)24-15-25-20/h4,6,12,15H,5,7-11,13-14H2,1-3H3,(H,28,29). The van der Waals surface area contributed by atoms with E-state index in [9.17, 15) is 9.59 Å². The van der Waals surface area contributed by atoms with Gasteiger partial charge in [-0.05, 0) is 57.7 Å². The number of aryl methyl sites for hydroxylation is 1. The number of anilines is 1. The maximum Gasteiger partial charge on any atom is 0.410 e. The first kappa shape index (κ1) is 21.3. The molecule has 0 atom stereocenters. The Bertz CT molecular complexity index is 985. The van der Waals surface area contributed by atoms with Gasteiger partial charge in [0.2, 0.25) is 0 Å². The number of carbonyl (C=O) groups excluding carboxylic acids is 1. The van der Waals surface area contributed by atoms with E-state index in [1.165, 1.54) is 0 Å². The van der Waals surface area contributed by atoms with Crippen molar-refractivity contribution >= 4 is 28.8 Å². The van der Waals surface area contributed by atoms with Crippen molar-refractivity contribution < 1.29 is 19.4 Å². The second-order valence-electron chi connectivity index (χ2n) is 9.77. The lowest BCUT2D eigenvalue weighted by Crippen LogP contribution is -2.61. The maximum absolute atomic E-state index is 12.3. The van der Waals surface area contributed by atoms with Crippen molar-refractivity contribution in [2.24, 2.45) is 5.41 Å². The molecule has 0 saturated carbocycles. The van der Waals surface area contributed by atoms with Crippen LogP contribution < -0.4 is 4.90 Å². The van der Waals surface area contributed by atoms with E-state index >= 15 is 0 Å². The number of amides is 1. The third-order valence-electron chi connectivity index (χ3n) is 6.13. The van der Waals surface area contributed by atoms with Crippen LogP contribution in [-0.4, -0.2) is 63.8 Å². The summed E-state index contributed by atoms with van der Waals surface area (Å²) >= 11 is 0. The smallest absolute Gasteiger partial charge is 0.410 e. The molecule has 1 amide bonds. The lowest BCUT2D eigenvalue weighted by atomic mass is 9.72. The average Bonchev–Trinajstić information content (AvgIpc) is 2.69. The van der Waals surface area contributed by atoms with Crippen LogP contribution >= 0.6 is 0 Å². The summed E-state index contributed by atoms with van der Waals surface area (Å²) in [7, 11) is 0. The quantitative estimate of drug-likeness (QED) is 0.799. The van der Waals surface area contributed by atoms with Gasteiger partial charge in [-0.2, -0.15) is 0 Å². The summed E-state index contributed by atoms with van der Waals surface area (Å²) in [5.74, 6) is 0.106. The van der Waals surface area contributed by atoms with Crippen molar-refractivity contribution in [2.75, 3.05) is 31.1 Å². The van der Waals surface area contributed by atoms with E-state index in [-0.39, 0.29) is 17.9 Å². The zero-order valence-corrected chi connectivity index (χ0v) is 18.4. The van der Waals surface area contributed by atoms with E-state index in [1.54, 1.807) is 6.33 Å². The molecular weight excluding hydrogens is 396 g/mol. The van der Waals surface area contributed by atoms with E-state index in [2.05, 4.69) is 14.9 Å². The number of rotatable bonds is 4. The van der Waals surface area contributed by atoms with Gasteiger partial charge in [-0.15, -0.1) is 0 Å². The number of likely N-dealkylation sites (tertiary alicyclic amines) is 1. The first-order valence-corrected chi connectivity index (χ1v) is 10.8. The van der Waals surface area contributed by atoms with E-state index < -0.39 is 11.6 Å². The summed E-state index contributed by atoms with van der Waals surface area (Å²) in [4.78, 5) is 36.2. The van der Waals surface area contributed by atoms with Crippen LogP contribution in [0.4, 0.5) is 10.6 Å². The maximum atomic E-state index is 12.3. The number of piperidine rings is 1. The summed E-state index contributed by atoms with van der Waals surface area (Å²) in [5.41, 5.74) is 1.57. The predicted molar refractivity (Wildman–Crippen MR) is 117 cm³/mol. The average molecular weight is 427 g/mol. The number of nitrogens with zero attached hydrogens (tertiary/aromatic N) is 4. The van der Waals surface area contributed by atoms with Crippen molar-refractivity contribution in [1.29, 1.82) is 0 Å². The molecule has 0 bridgehead atoms. The van der Waals surface area contributed by atoms with Gasteiger partial charge in [0.15, 0.2) is 0 Å². The summed E-state index contributed by atoms with van der Waals surface area (Å²) in [6, 6.07) is 5.89. The molecule has 0 unspecified atom stereocenters. The molecule has 0 radical (unpaired) electrons. The largest absolute Gasteiger partial charge is 0.481 e. The van der Waals surface area contributed by atoms with E-state index in [0.717, 1.165) is 48.2 Å². The highest BCUT2D eigenvalue weighted by atomic mass is 16.6. The zero-order chi connectivity index (χ0) is 22.2. The second-order valence-corrected chi connectivity index (χ2v) is 9.77. The fourth-order valence-corrected chi connectivity index (χ4v) is 4.47. The van der Waals surface area contributed by atoms with Gasteiger partial charge in [0, 0.05) is 43.4 Å². The third kappa shape index (κ3) is 4.73. The Labute approximate surface area is 182 Å². The number of hydrogen-bond donors (Lipinski definition) is 1. The summed E-state index contributed by atoms with van der Waals surface area (Å²) < 4.78 is 5.50. The van der Waals surface area contributed by atoms with Crippen molar-refractivity contribution in [1.82, 2.24) is 14.9 Å². The molecule has 2 aliphatic heterocycles. The molecule has 2 aromatic rings. The van der Waals surface area contributed by atoms with Gasteiger partial charge in [0.25, 0.3) is 0 Å². The van der Waals surface area contributed by atoms with Gasteiger partial charge in [0.1, 0.15) is 17.7 Å². The van der Waals surface area contributed by atoms with Gasteiger partial charge in [-0.3, -0.25) is 4.79 Å². The molecule has 2 aliphatic rings. The number of carbonyl (C=O) groups is 2. The van der Waals surface area contributed by atoms with Crippen LogP contribution in [0.3, 0.4) is 0 Å². The SMILES string of the molecule is CC(C)(C)OC(=O)N1CCC2(CC1)CN(c1ncnc3ccc(CCC(=O)O)cc13)C2. The molecular formula is C23H30N4O4. The minimum Gasteiger partial charge on any atom is -0.481 e. The first-order chi connectivity index (χ1) is 14.6. The molecule has 0 aliphatic carbocycles. The Morgan fingerprint density at radius 1 is 1.16 bits per heavy atom. The molecule has 8 heteroatoms. The van der Waals surface area contributed by atoms with Crippen LogP contribution in [0.1, 0.15) is 45.6 Å². The van der Waals surface area contributed by atoms with Crippen molar-refractivity contribution in [3.05, 3.63) is 30.1 Å². The number of aliphatic carboxylic acids is 1. The molecule has 4 rings (SSSR count). The Morgan fingerprint density at radius 2 is 1.87 bits per heavy atom. The molecule has 166 valence electrons. The molecule has 31 heavy (non-hydrogen) atoms.